The second kappa shape index (κ2) is 7.08. The molecule has 4 nitrogen and oxygen atoms in total. The molecule has 0 aliphatic carbocycles. The van der Waals surface area contributed by atoms with Gasteiger partial charge >= 0.3 is 0 Å². The fraction of sp³-hybridized carbons (Fsp3) is 0.500. The van der Waals surface area contributed by atoms with E-state index in [1.165, 1.54) is 6.92 Å². The van der Waals surface area contributed by atoms with Gasteiger partial charge in [0, 0.05) is 19.4 Å². The van der Waals surface area contributed by atoms with Gasteiger partial charge in [0.15, 0.2) is 0 Å². The fourth-order valence-electron chi connectivity index (χ4n) is 2.05. The maximum atomic E-state index is 11.8. The molecule has 0 radical (unpaired) electrons. The topological polar surface area (TPSA) is 46.6 Å². The van der Waals surface area contributed by atoms with Gasteiger partial charge in [-0.1, -0.05) is 19.1 Å². The Morgan fingerprint density at radius 2 is 1.70 bits per heavy atom. The molecular formula is C16H23NO3. The molecule has 0 heterocycles. The SMILES string of the molecule is COc1ccc([C@H](C)N(CC(C)C(C)=O)C(C)=O)cc1. The molecule has 0 saturated heterocycles. The maximum absolute atomic E-state index is 11.8. The quantitative estimate of drug-likeness (QED) is 0.803. The molecule has 0 aromatic heterocycles. The largest absolute Gasteiger partial charge is 0.497 e. The lowest BCUT2D eigenvalue weighted by Gasteiger charge is -2.30. The third-order valence-electron chi connectivity index (χ3n) is 3.63. The molecule has 20 heavy (non-hydrogen) atoms. The zero-order valence-corrected chi connectivity index (χ0v) is 12.8. The number of hydrogen-bond acceptors (Lipinski definition) is 3. The molecule has 2 atom stereocenters. The third kappa shape index (κ3) is 4.08. The van der Waals surface area contributed by atoms with Crippen LogP contribution in [-0.2, 0) is 9.59 Å². The van der Waals surface area contributed by atoms with Crippen LogP contribution in [0.1, 0.15) is 39.3 Å². The highest BCUT2D eigenvalue weighted by Crippen LogP contribution is 2.23. The van der Waals surface area contributed by atoms with Gasteiger partial charge < -0.3 is 9.64 Å². The second-order valence-electron chi connectivity index (χ2n) is 5.13. The van der Waals surface area contributed by atoms with Gasteiger partial charge in [0.1, 0.15) is 11.5 Å². The number of ketones is 1. The van der Waals surface area contributed by atoms with E-state index in [9.17, 15) is 9.59 Å². The summed E-state index contributed by atoms with van der Waals surface area (Å²) in [4.78, 5) is 24.9. The van der Waals surface area contributed by atoms with Gasteiger partial charge in [0.25, 0.3) is 0 Å². The molecule has 1 rings (SSSR count). The van der Waals surface area contributed by atoms with Crippen LogP contribution in [0.15, 0.2) is 24.3 Å². The first-order valence-electron chi connectivity index (χ1n) is 6.78. The van der Waals surface area contributed by atoms with E-state index in [1.807, 2.05) is 38.1 Å². The zero-order valence-electron chi connectivity index (χ0n) is 12.8. The van der Waals surface area contributed by atoms with E-state index in [4.69, 9.17) is 4.74 Å². The molecule has 1 amide bonds. The zero-order chi connectivity index (χ0) is 15.3. The average Bonchev–Trinajstić information content (AvgIpc) is 2.43. The summed E-state index contributed by atoms with van der Waals surface area (Å²) in [5.74, 6) is 0.701. The Balaban J connectivity index is 2.89. The van der Waals surface area contributed by atoms with Crippen LogP contribution >= 0.6 is 0 Å². The minimum absolute atomic E-state index is 0.0265. The predicted octanol–water partition coefficient (Wildman–Crippen LogP) is 2.83. The summed E-state index contributed by atoms with van der Waals surface area (Å²) in [6.45, 7) is 7.35. The Kier molecular flexibility index (Phi) is 5.74. The van der Waals surface area contributed by atoms with Crippen LogP contribution in [0.2, 0.25) is 0 Å². The van der Waals surface area contributed by atoms with E-state index in [2.05, 4.69) is 0 Å². The summed E-state index contributed by atoms with van der Waals surface area (Å²) in [6, 6.07) is 7.56. The third-order valence-corrected chi connectivity index (χ3v) is 3.63. The Morgan fingerprint density at radius 3 is 2.10 bits per heavy atom. The van der Waals surface area contributed by atoms with Crippen molar-refractivity contribution in [1.82, 2.24) is 4.90 Å². The van der Waals surface area contributed by atoms with Gasteiger partial charge in [-0.3, -0.25) is 9.59 Å². The van der Waals surface area contributed by atoms with Gasteiger partial charge in [-0.15, -0.1) is 0 Å². The molecule has 0 N–H and O–H groups in total. The van der Waals surface area contributed by atoms with E-state index in [-0.39, 0.29) is 23.7 Å². The van der Waals surface area contributed by atoms with Crippen molar-refractivity contribution >= 4 is 11.7 Å². The molecule has 0 spiro atoms. The first-order chi connectivity index (χ1) is 9.36. The van der Waals surface area contributed by atoms with Gasteiger partial charge in [0.05, 0.1) is 13.2 Å². The molecule has 110 valence electrons. The number of carbonyl (C=O) groups excluding carboxylic acids is 2. The Hall–Kier alpha value is -1.84. The Bertz CT molecular complexity index is 467. The molecule has 0 bridgehead atoms. The maximum Gasteiger partial charge on any atom is 0.219 e. The first kappa shape index (κ1) is 16.2. The lowest BCUT2D eigenvalue weighted by molar-refractivity contribution is -0.132. The number of Topliss-reactive ketones (excluding diaryl/α,β-unsaturated/α-hetero) is 1. The van der Waals surface area contributed by atoms with Gasteiger partial charge in [-0.2, -0.15) is 0 Å². The highest BCUT2D eigenvalue weighted by Gasteiger charge is 2.22. The molecule has 0 aliphatic rings. The van der Waals surface area contributed by atoms with Crippen LogP contribution in [0.3, 0.4) is 0 Å². The lowest BCUT2D eigenvalue weighted by Crippen LogP contribution is -2.36. The van der Waals surface area contributed by atoms with E-state index in [0.29, 0.717) is 6.54 Å². The van der Waals surface area contributed by atoms with Crippen molar-refractivity contribution in [3.63, 3.8) is 0 Å². The summed E-state index contributed by atoms with van der Waals surface area (Å²) in [6.07, 6.45) is 0. The predicted molar refractivity (Wildman–Crippen MR) is 78.6 cm³/mol. The standard InChI is InChI=1S/C16H23NO3/c1-11(13(3)18)10-17(14(4)19)12(2)15-6-8-16(20-5)9-7-15/h6-9,11-12H,10H2,1-5H3/t11?,12-/m0/s1. The molecule has 0 fully saturated rings. The van der Waals surface area contributed by atoms with E-state index < -0.39 is 0 Å². The van der Waals surface area contributed by atoms with E-state index in [1.54, 1.807) is 18.9 Å². The lowest BCUT2D eigenvalue weighted by atomic mass is 10.0. The summed E-state index contributed by atoms with van der Waals surface area (Å²) in [7, 11) is 1.62. The van der Waals surface area contributed by atoms with Crippen LogP contribution in [0.4, 0.5) is 0 Å². The highest BCUT2D eigenvalue weighted by atomic mass is 16.5. The van der Waals surface area contributed by atoms with Gasteiger partial charge in [-0.25, -0.2) is 0 Å². The summed E-state index contributed by atoms with van der Waals surface area (Å²) < 4.78 is 5.13. The summed E-state index contributed by atoms with van der Waals surface area (Å²) in [5, 5.41) is 0. The van der Waals surface area contributed by atoms with Gasteiger partial charge in [-0.05, 0) is 31.5 Å². The number of rotatable bonds is 6. The Morgan fingerprint density at radius 1 is 1.15 bits per heavy atom. The van der Waals surface area contributed by atoms with E-state index >= 15 is 0 Å². The number of amides is 1. The number of carbonyl (C=O) groups is 2. The highest BCUT2D eigenvalue weighted by molar-refractivity contribution is 5.79. The molecule has 1 unspecified atom stereocenters. The molecule has 1 aromatic rings. The van der Waals surface area contributed by atoms with Crippen LogP contribution in [0.5, 0.6) is 5.75 Å². The van der Waals surface area contributed by atoms with Crippen LogP contribution in [0, 0.1) is 5.92 Å². The molecule has 1 aromatic carbocycles. The van der Waals surface area contributed by atoms with Crippen molar-refractivity contribution in [2.45, 2.75) is 33.7 Å². The molecule has 0 saturated carbocycles. The number of nitrogens with zero attached hydrogens (tertiary/aromatic N) is 1. The monoisotopic (exact) mass is 277 g/mol. The van der Waals surface area contributed by atoms with E-state index in [0.717, 1.165) is 11.3 Å². The van der Waals surface area contributed by atoms with Crippen molar-refractivity contribution in [1.29, 1.82) is 0 Å². The van der Waals surface area contributed by atoms with Crippen LogP contribution in [0.25, 0.3) is 0 Å². The minimum Gasteiger partial charge on any atom is -0.497 e. The normalized spacial score (nSPS) is 13.4. The smallest absolute Gasteiger partial charge is 0.219 e. The molecule has 0 aliphatic heterocycles. The van der Waals surface area contributed by atoms with Gasteiger partial charge in [0.2, 0.25) is 5.91 Å². The van der Waals surface area contributed by atoms with Crippen LogP contribution in [-0.4, -0.2) is 30.2 Å². The van der Waals surface area contributed by atoms with Crippen LogP contribution < -0.4 is 4.74 Å². The fourth-order valence-corrected chi connectivity index (χ4v) is 2.05. The van der Waals surface area contributed by atoms with Crippen molar-refractivity contribution in [3.05, 3.63) is 29.8 Å². The first-order valence-corrected chi connectivity index (χ1v) is 6.78. The number of methoxy groups -OCH3 is 1. The van der Waals surface area contributed by atoms with Crippen molar-refractivity contribution < 1.29 is 14.3 Å². The average molecular weight is 277 g/mol. The Labute approximate surface area is 120 Å². The molecular weight excluding hydrogens is 254 g/mol. The minimum atomic E-state index is -0.153. The summed E-state index contributed by atoms with van der Waals surface area (Å²) in [5.41, 5.74) is 1.02. The number of hydrogen-bond donors (Lipinski definition) is 0. The second-order valence-corrected chi connectivity index (χ2v) is 5.13. The van der Waals surface area contributed by atoms with Crippen molar-refractivity contribution in [3.8, 4) is 5.75 Å². The van der Waals surface area contributed by atoms with Crippen molar-refractivity contribution in [2.75, 3.05) is 13.7 Å². The summed E-state index contributed by atoms with van der Waals surface area (Å²) >= 11 is 0. The number of benzene rings is 1. The number of ether oxygens (including phenoxy) is 1. The van der Waals surface area contributed by atoms with Crippen molar-refractivity contribution in [2.24, 2.45) is 5.92 Å². The molecule has 4 heteroatoms.